The number of nitrogens with zero attached hydrogens (tertiary/aromatic N) is 2. The maximum absolute atomic E-state index is 13.4. The zero-order chi connectivity index (χ0) is 26.9. The van der Waals surface area contributed by atoms with Crippen LogP contribution < -0.4 is 14.4 Å². The van der Waals surface area contributed by atoms with Crippen LogP contribution in [-0.2, 0) is 14.4 Å². The van der Waals surface area contributed by atoms with Crippen LogP contribution in [0.1, 0.15) is 35.2 Å². The fraction of sp³-hybridized carbons (Fsp3) is 0.143. The van der Waals surface area contributed by atoms with Gasteiger partial charge in [0.05, 0.1) is 40.9 Å². The third-order valence-corrected chi connectivity index (χ3v) is 6.10. The van der Waals surface area contributed by atoms with Gasteiger partial charge in [0.2, 0.25) is 0 Å². The van der Waals surface area contributed by atoms with Crippen molar-refractivity contribution in [3.8, 4) is 17.6 Å². The molecular weight excluding hydrogens is 496 g/mol. The summed E-state index contributed by atoms with van der Waals surface area (Å²) in [7, 11) is 1.38. The Kier molecular flexibility index (Phi) is 7.00. The number of rotatable bonds is 5. The third-order valence-electron chi connectivity index (χ3n) is 5.82. The SMILES string of the molecule is COc1c(Cl)cc(C)cc1/C(O)=C1\C(=O)C(=O)N(c2ccc(C#N)cc2)C1c1ccc(OC(C)=O)cc1. The molecule has 1 heterocycles. The molecular formula is C28H21ClN2O6. The summed E-state index contributed by atoms with van der Waals surface area (Å²) in [5.74, 6) is -2.29. The number of hydrogen-bond acceptors (Lipinski definition) is 7. The minimum absolute atomic E-state index is 0.151. The van der Waals surface area contributed by atoms with Crippen LogP contribution in [-0.4, -0.2) is 29.9 Å². The molecule has 3 aromatic rings. The van der Waals surface area contributed by atoms with Gasteiger partial charge in [-0.15, -0.1) is 0 Å². The highest BCUT2D eigenvalue weighted by Crippen LogP contribution is 2.44. The molecule has 1 amide bonds. The van der Waals surface area contributed by atoms with Gasteiger partial charge in [0, 0.05) is 12.6 Å². The summed E-state index contributed by atoms with van der Waals surface area (Å²) in [5.41, 5.74) is 1.89. The molecule has 1 saturated heterocycles. The Bertz CT molecular complexity index is 1490. The molecule has 1 unspecified atom stereocenters. The summed E-state index contributed by atoms with van der Waals surface area (Å²) < 4.78 is 10.5. The molecule has 1 N–H and O–H groups in total. The van der Waals surface area contributed by atoms with Crippen molar-refractivity contribution < 1.29 is 29.0 Å². The van der Waals surface area contributed by atoms with Gasteiger partial charge in [-0.3, -0.25) is 19.3 Å². The highest BCUT2D eigenvalue weighted by molar-refractivity contribution is 6.51. The molecule has 0 aromatic heterocycles. The van der Waals surface area contributed by atoms with Crippen molar-refractivity contribution in [1.82, 2.24) is 0 Å². The van der Waals surface area contributed by atoms with Crippen LogP contribution in [0.5, 0.6) is 11.5 Å². The van der Waals surface area contributed by atoms with Crippen molar-refractivity contribution in [1.29, 1.82) is 5.26 Å². The number of benzene rings is 3. The molecule has 8 nitrogen and oxygen atoms in total. The van der Waals surface area contributed by atoms with Crippen LogP contribution in [0.25, 0.3) is 5.76 Å². The zero-order valence-corrected chi connectivity index (χ0v) is 20.9. The van der Waals surface area contributed by atoms with Gasteiger partial charge in [0.15, 0.2) is 0 Å². The zero-order valence-electron chi connectivity index (χ0n) is 20.1. The number of aryl methyl sites for hydroxylation is 1. The van der Waals surface area contributed by atoms with Crippen LogP contribution in [0.4, 0.5) is 5.69 Å². The molecule has 186 valence electrons. The third kappa shape index (κ3) is 4.77. The summed E-state index contributed by atoms with van der Waals surface area (Å²) in [5, 5.41) is 20.8. The minimum atomic E-state index is -1.04. The van der Waals surface area contributed by atoms with Gasteiger partial charge < -0.3 is 14.6 Å². The maximum atomic E-state index is 13.4. The number of carbonyl (C=O) groups is 3. The second kappa shape index (κ2) is 10.2. The highest BCUT2D eigenvalue weighted by atomic mass is 35.5. The van der Waals surface area contributed by atoms with Crippen molar-refractivity contribution in [2.45, 2.75) is 19.9 Å². The van der Waals surface area contributed by atoms with E-state index in [1.165, 1.54) is 43.2 Å². The van der Waals surface area contributed by atoms with E-state index in [0.717, 1.165) is 0 Å². The molecule has 0 aliphatic carbocycles. The van der Waals surface area contributed by atoms with Crippen molar-refractivity contribution in [3.63, 3.8) is 0 Å². The molecule has 0 spiro atoms. The molecule has 1 fully saturated rings. The Labute approximate surface area is 217 Å². The molecule has 1 atom stereocenters. The molecule has 0 saturated carbocycles. The predicted molar refractivity (Wildman–Crippen MR) is 136 cm³/mol. The Hall–Kier alpha value is -4.61. The van der Waals surface area contributed by atoms with Crippen molar-refractivity contribution in [2.24, 2.45) is 0 Å². The number of Topliss-reactive ketones (excluding diaryl/α,β-unsaturated/α-hetero) is 1. The van der Waals surface area contributed by atoms with Crippen LogP contribution in [0.3, 0.4) is 0 Å². The number of carbonyl (C=O) groups excluding carboxylic acids is 3. The van der Waals surface area contributed by atoms with E-state index in [0.29, 0.717) is 22.4 Å². The topological polar surface area (TPSA) is 117 Å². The van der Waals surface area contributed by atoms with E-state index in [2.05, 4.69) is 0 Å². The lowest BCUT2D eigenvalue weighted by atomic mass is 9.94. The first-order valence-corrected chi connectivity index (χ1v) is 11.5. The largest absolute Gasteiger partial charge is 0.507 e. The number of aliphatic hydroxyl groups excluding tert-OH is 1. The van der Waals surface area contributed by atoms with Crippen molar-refractivity contribution >= 4 is 40.7 Å². The fourth-order valence-corrected chi connectivity index (χ4v) is 4.60. The summed E-state index contributed by atoms with van der Waals surface area (Å²) in [6.07, 6.45) is 0. The van der Waals surface area contributed by atoms with E-state index in [4.69, 9.17) is 26.3 Å². The number of nitriles is 1. The normalized spacial score (nSPS) is 16.4. The number of hydrogen-bond donors (Lipinski definition) is 1. The lowest BCUT2D eigenvalue weighted by molar-refractivity contribution is -0.132. The average molecular weight is 517 g/mol. The van der Waals surface area contributed by atoms with Crippen LogP contribution in [0, 0.1) is 18.3 Å². The van der Waals surface area contributed by atoms with Gasteiger partial charge in [-0.1, -0.05) is 23.7 Å². The Balaban J connectivity index is 1.96. The molecule has 37 heavy (non-hydrogen) atoms. The van der Waals surface area contributed by atoms with Crippen LogP contribution in [0.15, 0.2) is 66.2 Å². The van der Waals surface area contributed by atoms with E-state index in [9.17, 15) is 19.5 Å². The number of esters is 1. The molecule has 4 rings (SSSR count). The number of aliphatic hydroxyl groups is 1. The Morgan fingerprint density at radius 2 is 1.73 bits per heavy atom. The van der Waals surface area contributed by atoms with Gasteiger partial charge in [0.1, 0.15) is 17.3 Å². The van der Waals surface area contributed by atoms with E-state index >= 15 is 0 Å². The van der Waals surface area contributed by atoms with E-state index in [1.54, 1.807) is 43.3 Å². The molecule has 1 aliphatic rings. The first-order valence-electron chi connectivity index (χ1n) is 11.1. The minimum Gasteiger partial charge on any atom is -0.507 e. The Morgan fingerprint density at radius 3 is 2.30 bits per heavy atom. The smallest absolute Gasteiger partial charge is 0.308 e. The maximum Gasteiger partial charge on any atom is 0.308 e. The van der Waals surface area contributed by atoms with E-state index in [-0.39, 0.29) is 27.7 Å². The first kappa shape index (κ1) is 25.5. The number of halogens is 1. The summed E-state index contributed by atoms with van der Waals surface area (Å²) >= 11 is 6.33. The number of ether oxygens (including phenoxy) is 2. The van der Waals surface area contributed by atoms with Gasteiger partial charge in [-0.2, -0.15) is 5.26 Å². The molecule has 3 aromatic carbocycles. The standard InChI is InChI=1S/C28H21ClN2O6/c1-15-12-21(27(36-3)22(29)13-15)25(33)23-24(18-6-10-20(11-7-18)37-16(2)32)31(28(35)26(23)34)19-8-4-17(14-30)5-9-19/h4-13,24,33H,1-3H3/b25-23+. The lowest BCUT2D eigenvalue weighted by Crippen LogP contribution is -2.29. The van der Waals surface area contributed by atoms with Crippen LogP contribution >= 0.6 is 11.6 Å². The monoisotopic (exact) mass is 516 g/mol. The van der Waals surface area contributed by atoms with Gasteiger partial charge in [-0.05, 0) is 66.6 Å². The summed E-state index contributed by atoms with van der Waals surface area (Å²) in [6.45, 7) is 3.04. The molecule has 0 radical (unpaired) electrons. The summed E-state index contributed by atoms with van der Waals surface area (Å²) in [4.78, 5) is 39.3. The second-order valence-corrected chi connectivity index (χ2v) is 8.73. The Morgan fingerprint density at radius 1 is 1.08 bits per heavy atom. The number of ketones is 1. The van der Waals surface area contributed by atoms with Crippen molar-refractivity contribution in [2.75, 3.05) is 12.0 Å². The molecule has 0 bridgehead atoms. The fourth-order valence-electron chi connectivity index (χ4n) is 4.25. The number of methoxy groups -OCH3 is 1. The van der Waals surface area contributed by atoms with E-state index < -0.39 is 29.5 Å². The first-order chi connectivity index (χ1) is 17.7. The second-order valence-electron chi connectivity index (χ2n) is 8.32. The quantitative estimate of drug-likeness (QED) is 0.165. The van der Waals surface area contributed by atoms with Gasteiger partial charge >= 0.3 is 5.97 Å². The highest BCUT2D eigenvalue weighted by Gasteiger charge is 2.47. The van der Waals surface area contributed by atoms with Gasteiger partial charge in [0.25, 0.3) is 11.7 Å². The molecule has 9 heteroatoms. The average Bonchev–Trinajstić information content (AvgIpc) is 3.13. The van der Waals surface area contributed by atoms with Gasteiger partial charge in [-0.25, -0.2) is 0 Å². The summed E-state index contributed by atoms with van der Waals surface area (Å²) in [6, 6.07) is 16.6. The van der Waals surface area contributed by atoms with Crippen molar-refractivity contribution in [3.05, 3.63) is 93.5 Å². The van der Waals surface area contributed by atoms with E-state index in [1.807, 2.05) is 6.07 Å². The van der Waals surface area contributed by atoms with Crippen LogP contribution in [0.2, 0.25) is 5.02 Å². The predicted octanol–water partition coefficient (Wildman–Crippen LogP) is 5.08. The number of anilines is 1. The molecule has 1 aliphatic heterocycles. The lowest BCUT2D eigenvalue weighted by Gasteiger charge is -2.26. The number of amides is 1.